The zero-order chi connectivity index (χ0) is 25.2. The molecule has 3 atom stereocenters. The maximum absolute atomic E-state index is 12.4. The molecule has 0 saturated heterocycles. The van der Waals surface area contributed by atoms with E-state index in [2.05, 4.69) is 60.9 Å². The quantitative estimate of drug-likeness (QED) is 0.423. The predicted octanol–water partition coefficient (Wildman–Crippen LogP) is 6.78. The van der Waals surface area contributed by atoms with Crippen molar-refractivity contribution < 1.29 is 9.90 Å². The molecule has 5 nitrogen and oxygen atoms in total. The number of nitrogens with zero attached hydrogens (tertiary/aromatic N) is 1. The van der Waals surface area contributed by atoms with Crippen LogP contribution in [0.25, 0.3) is 0 Å². The van der Waals surface area contributed by atoms with Gasteiger partial charge < -0.3 is 15.7 Å². The van der Waals surface area contributed by atoms with Crippen LogP contribution in [0, 0.1) is 12.8 Å². The number of para-hydroxylation sites is 1. The minimum Gasteiger partial charge on any atom is -0.389 e. The average molecular weight is 484 g/mol. The third kappa shape index (κ3) is 5.03. The molecule has 0 bridgehead atoms. The zero-order valence-electron chi connectivity index (χ0n) is 21.6. The fourth-order valence-electron chi connectivity index (χ4n) is 5.72. The molecule has 1 heterocycles. The average Bonchev–Trinajstić information content (AvgIpc) is 3.43. The van der Waals surface area contributed by atoms with Crippen LogP contribution in [-0.4, -0.2) is 29.7 Å². The van der Waals surface area contributed by atoms with Crippen molar-refractivity contribution in [3.63, 3.8) is 0 Å². The number of nitrogens with one attached hydrogen (secondary N) is 2. The lowest BCUT2D eigenvalue weighted by Crippen LogP contribution is -2.10. The lowest BCUT2D eigenvalue weighted by Gasteiger charge is -2.15. The summed E-state index contributed by atoms with van der Waals surface area (Å²) >= 11 is 0. The number of carbonyl (C=O) groups excluding carboxylic acids is 1. The first kappa shape index (κ1) is 24.5. The highest BCUT2D eigenvalue weighted by atomic mass is 16.3. The lowest BCUT2D eigenvalue weighted by molar-refractivity contribution is -0.115. The largest absolute Gasteiger partial charge is 0.389 e. The number of aliphatic imine (C=N–C) groups is 1. The maximum atomic E-state index is 12.4. The van der Waals surface area contributed by atoms with E-state index < -0.39 is 6.10 Å². The number of carbonyl (C=O) groups is 1. The smallest absolute Gasteiger partial charge is 0.159 e. The Bertz CT molecular complexity index is 1250. The summed E-state index contributed by atoms with van der Waals surface area (Å²) in [6, 6.07) is 12.5. The summed E-state index contributed by atoms with van der Waals surface area (Å²) in [5.41, 5.74) is 9.71. The number of rotatable bonds is 6. The predicted molar refractivity (Wildman–Crippen MR) is 148 cm³/mol. The molecule has 3 unspecified atom stereocenters. The van der Waals surface area contributed by atoms with Crippen molar-refractivity contribution in [2.75, 3.05) is 23.7 Å². The van der Waals surface area contributed by atoms with E-state index in [1.807, 2.05) is 19.1 Å². The van der Waals surface area contributed by atoms with Crippen molar-refractivity contribution in [2.24, 2.45) is 10.9 Å². The first-order valence-corrected chi connectivity index (χ1v) is 13.3. The highest BCUT2D eigenvalue weighted by molar-refractivity contribution is 6.17. The Balaban J connectivity index is 1.27. The number of benzene rings is 2. The zero-order valence-corrected chi connectivity index (χ0v) is 21.6. The van der Waals surface area contributed by atoms with Gasteiger partial charge in [0.15, 0.2) is 5.78 Å². The minimum atomic E-state index is -0.465. The lowest BCUT2D eigenvalue weighted by atomic mass is 9.92. The second-order valence-electron chi connectivity index (χ2n) is 10.5. The summed E-state index contributed by atoms with van der Waals surface area (Å²) < 4.78 is 0. The van der Waals surface area contributed by atoms with Crippen molar-refractivity contribution >= 4 is 28.6 Å². The normalized spacial score (nSPS) is 24.1. The first-order chi connectivity index (χ1) is 17.4. The molecule has 0 saturated carbocycles. The third-order valence-corrected chi connectivity index (χ3v) is 7.86. The molecule has 0 aromatic heterocycles. The Morgan fingerprint density at radius 2 is 2.03 bits per heavy atom. The number of aryl methyl sites for hydroxylation is 1. The molecule has 2 aromatic rings. The molecule has 5 heteroatoms. The van der Waals surface area contributed by atoms with Gasteiger partial charge in [-0.1, -0.05) is 31.2 Å². The van der Waals surface area contributed by atoms with Crippen molar-refractivity contribution in [2.45, 2.75) is 64.9 Å². The Morgan fingerprint density at radius 3 is 2.83 bits per heavy atom. The van der Waals surface area contributed by atoms with Gasteiger partial charge in [0.1, 0.15) is 0 Å². The highest BCUT2D eigenvalue weighted by Gasteiger charge is 2.27. The monoisotopic (exact) mass is 483 g/mol. The van der Waals surface area contributed by atoms with Crippen LogP contribution in [0.2, 0.25) is 0 Å². The van der Waals surface area contributed by atoms with Crippen LogP contribution in [0.1, 0.15) is 74.7 Å². The Labute approximate surface area is 214 Å². The second-order valence-corrected chi connectivity index (χ2v) is 10.5. The molecule has 188 valence electrons. The van der Waals surface area contributed by atoms with Crippen LogP contribution in [-0.2, 0) is 4.79 Å². The first-order valence-electron chi connectivity index (χ1n) is 13.3. The van der Waals surface area contributed by atoms with Crippen LogP contribution in [0.15, 0.2) is 64.7 Å². The van der Waals surface area contributed by atoms with Crippen LogP contribution >= 0.6 is 0 Å². The van der Waals surface area contributed by atoms with Gasteiger partial charge >= 0.3 is 0 Å². The van der Waals surface area contributed by atoms with Crippen LogP contribution in [0.3, 0.4) is 0 Å². The van der Waals surface area contributed by atoms with Crippen LogP contribution < -0.4 is 10.6 Å². The van der Waals surface area contributed by atoms with Crippen molar-refractivity contribution in [3.8, 4) is 0 Å². The molecule has 1 aliphatic heterocycles. The number of hydrogen-bond acceptors (Lipinski definition) is 5. The Hall–Kier alpha value is -3.18. The summed E-state index contributed by atoms with van der Waals surface area (Å²) in [6.45, 7) is 7.92. The number of aliphatic hydroxyl groups excluding tert-OH is 1. The molecule has 0 radical (unpaired) electrons. The molecule has 3 aliphatic rings. The Morgan fingerprint density at radius 1 is 1.17 bits per heavy atom. The number of anilines is 2. The van der Waals surface area contributed by atoms with Gasteiger partial charge in [0.25, 0.3) is 0 Å². The van der Waals surface area contributed by atoms with Crippen molar-refractivity contribution in [3.05, 3.63) is 76.4 Å². The molecule has 0 fully saturated rings. The van der Waals surface area contributed by atoms with E-state index in [4.69, 9.17) is 4.99 Å². The fourth-order valence-corrected chi connectivity index (χ4v) is 5.72. The number of Topliss-reactive ketones (excluding diaryl/α,β-unsaturated/α-hetero) is 1. The van der Waals surface area contributed by atoms with E-state index >= 15 is 0 Å². The van der Waals surface area contributed by atoms with E-state index in [9.17, 15) is 9.90 Å². The van der Waals surface area contributed by atoms with Crippen LogP contribution in [0.5, 0.6) is 0 Å². The van der Waals surface area contributed by atoms with Gasteiger partial charge in [-0.15, -0.1) is 0 Å². The number of fused-ring (bicyclic) bond motifs is 1. The summed E-state index contributed by atoms with van der Waals surface area (Å²) in [7, 11) is 0. The highest BCUT2D eigenvalue weighted by Crippen LogP contribution is 2.38. The SMILES string of the molecule is Cc1cc(N=C2/C=C\C(C)CCC3=C2CCC3=O)ccc1NCCC1CNc2c(C(C)O)cccc21. The third-order valence-electron chi connectivity index (χ3n) is 7.86. The number of ketones is 1. The van der Waals surface area contributed by atoms with Gasteiger partial charge in [0, 0.05) is 47.9 Å². The van der Waals surface area contributed by atoms with Gasteiger partial charge in [-0.3, -0.25) is 4.79 Å². The van der Waals surface area contributed by atoms with Crippen molar-refractivity contribution in [1.29, 1.82) is 0 Å². The van der Waals surface area contributed by atoms with Gasteiger partial charge in [-0.2, -0.15) is 0 Å². The Kier molecular flexibility index (Phi) is 7.10. The molecular weight excluding hydrogens is 446 g/mol. The summed E-state index contributed by atoms with van der Waals surface area (Å²) in [4.78, 5) is 17.4. The van der Waals surface area contributed by atoms with E-state index in [1.165, 1.54) is 5.56 Å². The second kappa shape index (κ2) is 10.4. The maximum Gasteiger partial charge on any atom is 0.159 e. The van der Waals surface area contributed by atoms with Crippen molar-refractivity contribution in [1.82, 2.24) is 0 Å². The molecule has 2 aliphatic carbocycles. The van der Waals surface area contributed by atoms with Gasteiger partial charge in [-0.05, 0) is 86.4 Å². The summed E-state index contributed by atoms with van der Waals surface area (Å²) in [5, 5.41) is 17.2. The topological polar surface area (TPSA) is 73.7 Å². The number of hydrogen-bond donors (Lipinski definition) is 3. The van der Waals surface area contributed by atoms with Gasteiger partial charge in [0.2, 0.25) is 0 Å². The minimum absolute atomic E-state index is 0.304. The van der Waals surface area contributed by atoms with Gasteiger partial charge in [0.05, 0.1) is 17.5 Å². The van der Waals surface area contributed by atoms with E-state index in [-0.39, 0.29) is 0 Å². The molecule has 3 N–H and O–H groups in total. The standard InChI is InChI=1S/C31H37N3O2/c1-19-7-10-27-26(11-14-30(27)36)29(12-8-19)34-23-9-13-28(20(2)17-23)32-16-15-22-18-33-31-24(21(3)35)5-4-6-25(22)31/h4-6,8-9,12-13,17,19,21-22,32-33,35H,7,10-11,14-16,18H2,1-3H3/b12-8-,34-29?. The fraction of sp³-hybridized carbons (Fsp3) is 0.419. The molecule has 2 aromatic carbocycles. The van der Waals surface area contributed by atoms with Crippen LogP contribution in [0.4, 0.5) is 17.1 Å². The summed E-state index contributed by atoms with van der Waals surface area (Å²) in [5.74, 6) is 1.19. The van der Waals surface area contributed by atoms with E-state index in [0.717, 1.165) is 83.8 Å². The molecular formula is C31H37N3O2. The molecule has 0 amide bonds. The van der Waals surface area contributed by atoms with E-state index in [0.29, 0.717) is 24.0 Å². The number of allylic oxidation sites excluding steroid dienone is 4. The number of aliphatic hydroxyl groups is 1. The van der Waals surface area contributed by atoms with Gasteiger partial charge in [-0.25, -0.2) is 4.99 Å². The molecule has 36 heavy (non-hydrogen) atoms. The molecule has 0 spiro atoms. The summed E-state index contributed by atoms with van der Waals surface area (Å²) in [6.07, 6.45) is 8.22. The molecule has 5 rings (SSSR count). The van der Waals surface area contributed by atoms with E-state index in [1.54, 1.807) is 0 Å².